The Morgan fingerprint density at radius 2 is 2.16 bits per heavy atom. The standard InChI is InChI=1S/C13H15N5O/c1-3-11-10(6-8(2)17-18-11)13(19)16-9-4-5-12(14)15-7-9/h4-7H,3H2,1-2H3,(H2,14,15)(H,16,19). The summed E-state index contributed by atoms with van der Waals surface area (Å²) < 4.78 is 0. The lowest BCUT2D eigenvalue weighted by molar-refractivity contribution is 0.102. The third-order valence-corrected chi connectivity index (χ3v) is 2.62. The highest BCUT2D eigenvalue weighted by Gasteiger charge is 2.13. The molecular formula is C13H15N5O. The number of pyridine rings is 1. The van der Waals surface area contributed by atoms with Gasteiger partial charge in [-0.25, -0.2) is 4.98 Å². The summed E-state index contributed by atoms with van der Waals surface area (Å²) in [6, 6.07) is 5.06. The van der Waals surface area contributed by atoms with Crippen LogP contribution in [0.3, 0.4) is 0 Å². The van der Waals surface area contributed by atoms with Gasteiger partial charge in [-0.05, 0) is 31.5 Å². The van der Waals surface area contributed by atoms with Gasteiger partial charge in [0.25, 0.3) is 5.91 Å². The van der Waals surface area contributed by atoms with Gasteiger partial charge >= 0.3 is 0 Å². The first-order valence-corrected chi connectivity index (χ1v) is 5.96. The van der Waals surface area contributed by atoms with Crippen LogP contribution in [0.15, 0.2) is 24.4 Å². The van der Waals surface area contributed by atoms with Crippen molar-refractivity contribution in [2.45, 2.75) is 20.3 Å². The predicted molar refractivity (Wildman–Crippen MR) is 72.7 cm³/mol. The number of hydrogen-bond donors (Lipinski definition) is 2. The Bertz CT molecular complexity index is 594. The fourth-order valence-corrected chi connectivity index (χ4v) is 1.65. The van der Waals surface area contributed by atoms with E-state index in [9.17, 15) is 4.79 Å². The number of rotatable bonds is 3. The molecule has 0 aliphatic carbocycles. The Morgan fingerprint density at radius 3 is 2.79 bits per heavy atom. The van der Waals surface area contributed by atoms with Crippen molar-refractivity contribution in [2.75, 3.05) is 11.1 Å². The van der Waals surface area contributed by atoms with Gasteiger partial charge in [0.1, 0.15) is 5.82 Å². The Labute approximate surface area is 111 Å². The molecule has 98 valence electrons. The minimum atomic E-state index is -0.221. The van der Waals surface area contributed by atoms with Crippen LogP contribution in [0, 0.1) is 6.92 Å². The summed E-state index contributed by atoms with van der Waals surface area (Å²) in [5.41, 5.74) is 8.00. The van der Waals surface area contributed by atoms with E-state index in [0.29, 0.717) is 34.9 Å². The van der Waals surface area contributed by atoms with Crippen molar-refractivity contribution >= 4 is 17.4 Å². The van der Waals surface area contributed by atoms with Crippen LogP contribution in [0.1, 0.15) is 28.7 Å². The van der Waals surface area contributed by atoms with Crippen LogP contribution >= 0.6 is 0 Å². The Balaban J connectivity index is 2.24. The average Bonchev–Trinajstić information content (AvgIpc) is 2.41. The quantitative estimate of drug-likeness (QED) is 0.870. The highest BCUT2D eigenvalue weighted by atomic mass is 16.1. The van der Waals surface area contributed by atoms with Crippen LogP contribution in [0.5, 0.6) is 0 Å². The summed E-state index contributed by atoms with van der Waals surface area (Å²) in [7, 11) is 0. The fraction of sp³-hybridized carbons (Fsp3) is 0.231. The van der Waals surface area contributed by atoms with Gasteiger partial charge in [0.2, 0.25) is 0 Å². The minimum absolute atomic E-state index is 0.221. The normalized spacial score (nSPS) is 10.2. The van der Waals surface area contributed by atoms with Crippen LogP contribution in [0.25, 0.3) is 0 Å². The van der Waals surface area contributed by atoms with Gasteiger partial charge in [-0.3, -0.25) is 4.79 Å². The average molecular weight is 257 g/mol. The fourth-order valence-electron chi connectivity index (χ4n) is 1.65. The zero-order valence-corrected chi connectivity index (χ0v) is 10.8. The number of nitrogens with zero attached hydrogens (tertiary/aromatic N) is 3. The number of nitrogens with one attached hydrogen (secondary N) is 1. The van der Waals surface area contributed by atoms with E-state index in [-0.39, 0.29) is 5.91 Å². The first-order valence-electron chi connectivity index (χ1n) is 5.96. The Morgan fingerprint density at radius 1 is 1.37 bits per heavy atom. The van der Waals surface area contributed by atoms with Crippen molar-refractivity contribution in [1.29, 1.82) is 0 Å². The SMILES string of the molecule is CCc1nnc(C)cc1C(=O)Nc1ccc(N)nc1. The van der Waals surface area contributed by atoms with Crippen molar-refractivity contribution in [1.82, 2.24) is 15.2 Å². The third kappa shape index (κ3) is 3.04. The van der Waals surface area contributed by atoms with Crippen molar-refractivity contribution in [3.63, 3.8) is 0 Å². The van der Waals surface area contributed by atoms with Gasteiger partial charge in [-0.15, -0.1) is 0 Å². The lowest BCUT2D eigenvalue weighted by Gasteiger charge is -2.08. The number of anilines is 2. The van der Waals surface area contributed by atoms with Gasteiger partial charge in [0.15, 0.2) is 0 Å². The summed E-state index contributed by atoms with van der Waals surface area (Å²) in [5.74, 6) is 0.190. The second-order valence-corrected chi connectivity index (χ2v) is 4.13. The molecule has 2 aromatic heterocycles. The van der Waals surface area contributed by atoms with E-state index < -0.39 is 0 Å². The van der Waals surface area contributed by atoms with Crippen LogP contribution in [0.2, 0.25) is 0 Å². The van der Waals surface area contributed by atoms with Crippen molar-refractivity contribution in [3.8, 4) is 0 Å². The minimum Gasteiger partial charge on any atom is -0.384 e. The molecule has 2 rings (SSSR count). The maximum atomic E-state index is 12.2. The third-order valence-electron chi connectivity index (χ3n) is 2.62. The molecule has 0 fully saturated rings. The molecule has 2 aromatic rings. The van der Waals surface area contributed by atoms with Gasteiger partial charge in [0, 0.05) is 0 Å². The number of nitrogens with two attached hydrogens (primary N) is 1. The molecule has 0 aliphatic rings. The molecule has 0 bridgehead atoms. The predicted octanol–water partition coefficient (Wildman–Crippen LogP) is 1.58. The van der Waals surface area contributed by atoms with Crippen molar-refractivity contribution in [3.05, 3.63) is 41.3 Å². The van der Waals surface area contributed by atoms with E-state index >= 15 is 0 Å². The van der Waals surface area contributed by atoms with Gasteiger partial charge in [0.05, 0.1) is 28.8 Å². The molecule has 0 aromatic carbocycles. The maximum absolute atomic E-state index is 12.2. The van der Waals surface area contributed by atoms with Crippen molar-refractivity contribution < 1.29 is 4.79 Å². The molecule has 3 N–H and O–H groups in total. The van der Waals surface area contributed by atoms with E-state index in [1.807, 2.05) is 6.92 Å². The molecule has 0 saturated heterocycles. The molecule has 0 unspecified atom stereocenters. The molecule has 0 spiro atoms. The van der Waals surface area contributed by atoms with Crippen molar-refractivity contribution in [2.24, 2.45) is 0 Å². The highest BCUT2D eigenvalue weighted by molar-refractivity contribution is 6.05. The van der Waals surface area contributed by atoms with Crippen LogP contribution in [-0.4, -0.2) is 21.1 Å². The summed E-state index contributed by atoms with van der Waals surface area (Å²) in [6.45, 7) is 3.73. The Kier molecular flexibility index (Phi) is 3.70. The molecule has 0 aliphatic heterocycles. The van der Waals surface area contributed by atoms with E-state index in [4.69, 9.17) is 5.73 Å². The smallest absolute Gasteiger partial charge is 0.257 e. The molecule has 1 amide bonds. The van der Waals surface area contributed by atoms with E-state index in [2.05, 4.69) is 20.5 Å². The Hall–Kier alpha value is -2.50. The zero-order valence-electron chi connectivity index (χ0n) is 10.8. The molecule has 19 heavy (non-hydrogen) atoms. The van der Waals surface area contributed by atoms with E-state index in [0.717, 1.165) is 0 Å². The van der Waals surface area contributed by atoms with Crippen LogP contribution < -0.4 is 11.1 Å². The zero-order chi connectivity index (χ0) is 13.8. The maximum Gasteiger partial charge on any atom is 0.257 e. The van der Waals surface area contributed by atoms with E-state index in [1.54, 1.807) is 25.1 Å². The highest BCUT2D eigenvalue weighted by Crippen LogP contribution is 2.12. The lowest BCUT2D eigenvalue weighted by Crippen LogP contribution is -2.16. The summed E-state index contributed by atoms with van der Waals surface area (Å²) >= 11 is 0. The molecular weight excluding hydrogens is 242 g/mol. The second-order valence-electron chi connectivity index (χ2n) is 4.13. The molecule has 6 nitrogen and oxygen atoms in total. The number of amides is 1. The molecule has 0 atom stereocenters. The summed E-state index contributed by atoms with van der Waals surface area (Å²) in [4.78, 5) is 16.1. The van der Waals surface area contributed by atoms with E-state index in [1.165, 1.54) is 6.20 Å². The number of aromatic nitrogens is 3. The molecule has 0 saturated carbocycles. The number of nitrogen functional groups attached to an aromatic ring is 1. The first kappa shape index (κ1) is 12.9. The second kappa shape index (κ2) is 5.43. The lowest BCUT2D eigenvalue weighted by atomic mass is 10.1. The number of carbonyl (C=O) groups is 1. The topological polar surface area (TPSA) is 93.8 Å². The molecule has 0 radical (unpaired) electrons. The molecule has 6 heteroatoms. The van der Waals surface area contributed by atoms with Crippen LogP contribution in [-0.2, 0) is 6.42 Å². The van der Waals surface area contributed by atoms with Crippen LogP contribution in [0.4, 0.5) is 11.5 Å². The summed E-state index contributed by atoms with van der Waals surface area (Å²) in [6.07, 6.45) is 2.16. The number of carbonyl (C=O) groups excluding carboxylic acids is 1. The van der Waals surface area contributed by atoms with Gasteiger partial charge in [-0.2, -0.15) is 10.2 Å². The monoisotopic (exact) mass is 257 g/mol. The van der Waals surface area contributed by atoms with Gasteiger partial charge < -0.3 is 11.1 Å². The number of aryl methyl sites for hydroxylation is 2. The number of hydrogen-bond acceptors (Lipinski definition) is 5. The molecule has 2 heterocycles. The largest absolute Gasteiger partial charge is 0.384 e. The summed E-state index contributed by atoms with van der Waals surface area (Å²) in [5, 5.41) is 10.7. The first-order chi connectivity index (χ1) is 9.10. The van der Waals surface area contributed by atoms with Gasteiger partial charge in [-0.1, -0.05) is 6.92 Å².